The number of carbonyl (C=O) groups excluding carboxylic acids is 2. The van der Waals surface area contributed by atoms with Crippen molar-refractivity contribution in [2.75, 3.05) is 20.2 Å². The molecule has 0 spiro atoms. The van der Waals surface area contributed by atoms with Gasteiger partial charge in [-0.2, -0.15) is 5.10 Å². The molecule has 2 fully saturated rings. The predicted octanol–water partition coefficient (Wildman–Crippen LogP) is 0.478. The van der Waals surface area contributed by atoms with E-state index in [1.165, 1.54) is 7.11 Å². The summed E-state index contributed by atoms with van der Waals surface area (Å²) in [5, 5.41) is 7.29. The van der Waals surface area contributed by atoms with E-state index < -0.39 is 0 Å². The zero-order chi connectivity index (χ0) is 15.9. The first kappa shape index (κ1) is 14.9. The highest BCUT2D eigenvalue weighted by atomic mass is 16.5. The van der Waals surface area contributed by atoms with E-state index in [-0.39, 0.29) is 23.8 Å². The average molecular weight is 306 g/mol. The maximum absolute atomic E-state index is 12.7. The van der Waals surface area contributed by atoms with Crippen LogP contribution in [-0.4, -0.2) is 52.7 Å². The van der Waals surface area contributed by atoms with Gasteiger partial charge in [-0.05, 0) is 26.2 Å². The molecule has 1 aliphatic heterocycles. The van der Waals surface area contributed by atoms with Crippen molar-refractivity contribution < 1.29 is 14.3 Å². The van der Waals surface area contributed by atoms with Gasteiger partial charge < -0.3 is 15.0 Å². The number of carbonyl (C=O) groups is 2. The average Bonchev–Trinajstić information content (AvgIpc) is 3.16. The van der Waals surface area contributed by atoms with Crippen molar-refractivity contribution in [3.8, 4) is 5.88 Å². The minimum atomic E-state index is -0.0781. The number of hydrogen-bond acceptors (Lipinski definition) is 4. The van der Waals surface area contributed by atoms with Crippen LogP contribution in [0.2, 0.25) is 0 Å². The Labute approximate surface area is 129 Å². The molecule has 1 aromatic heterocycles. The molecule has 120 valence electrons. The molecule has 2 heterocycles. The monoisotopic (exact) mass is 306 g/mol. The first-order valence-corrected chi connectivity index (χ1v) is 7.68. The van der Waals surface area contributed by atoms with Gasteiger partial charge in [-0.3, -0.25) is 9.59 Å². The third-order valence-corrected chi connectivity index (χ3v) is 4.35. The second kappa shape index (κ2) is 5.62. The molecule has 3 rings (SSSR count). The van der Waals surface area contributed by atoms with Crippen molar-refractivity contribution >= 4 is 11.8 Å². The molecule has 1 N–H and O–H groups in total. The summed E-state index contributed by atoms with van der Waals surface area (Å²) >= 11 is 0. The number of aromatic nitrogens is 2. The lowest BCUT2D eigenvalue weighted by Gasteiger charge is -2.17. The SMILES string of the molecule is COc1c(C(=O)N2CC[C@H](NC(=O)C3CC3)C2)c(C)nn1C. The molecule has 7 heteroatoms. The summed E-state index contributed by atoms with van der Waals surface area (Å²) in [6.45, 7) is 3.00. The number of ether oxygens (including phenoxy) is 1. The summed E-state index contributed by atoms with van der Waals surface area (Å²) in [4.78, 5) is 26.3. The van der Waals surface area contributed by atoms with E-state index >= 15 is 0 Å². The van der Waals surface area contributed by atoms with E-state index in [1.54, 1.807) is 23.6 Å². The molecule has 1 saturated carbocycles. The smallest absolute Gasteiger partial charge is 0.261 e. The Kier molecular flexibility index (Phi) is 3.80. The van der Waals surface area contributed by atoms with Crippen LogP contribution in [0.1, 0.15) is 35.3 Å². The van der Waals surface area contributed by atoms with Crippen molar-refractivity contribution in [3.05, 3.63) is 11.3 Å². The Bertz CT molecular complexity index is 606. The molecule has 0 bridgehead atoms. The lowest BCUT2D eigenvalue weighted by Crippen LogP contribution is -2.39. The molecule has 2 aliphatic rings. The van der Waals surface area contributed by atoms with Gasteiger partial charge in [-0.1, -0.05) is 0 Å². The van der Waals surface area contributed by atoms with Gasteiger partial charge in [0.15, 0.2) is 0 Å². The summed E-state index contributed by atoms with van der Waals surface area (Å²) in [5.41, 5.74) is 1.17. The van der Waals surface area contributed by atoms with Crippen LogP contribution in [0.4, 0.5) is 0 Å². The fourth-order valence-corrected chi connectivity index (χ4v) is 3.00. The molecule has 0 unspecified atom stereocenters. The van der Waals surface area contributed by atoms with E-state index in [0.717, 1.165) is 19.3 Å². The van der Waals surface area contributed by atoms with E-state index in [0.29, 0.717) is 30.2 Å². The van der Waals surface area contributed by atoms with Gasteiger partial charge in [-0.25, -0.2) is 4.68 Å². The second-order valence-electron chi connectivity index (χ2n) is 6.11. The van der Waals surface area contributed by atoms with Crippen LogP contribution in [0, 0.1) is 12.8 Å². The van der Waals surface area contributed by atoms with Gasteiger partial charge in [0, 0.05) is 32.1 Å². The molecular formula is C15H22N4O3. The summed E-state index contributed by atoms with van der Waals surface area (Å²) in [6, 6.07) is 0.0556. The Hall–Kier alpha value is -2.05. The molecule has 1 saturated heterocycles. The minimum Gasteiger partial charge on any atom is -0.481 e. The first-order chi connectivity index (χ1) is 10.5. The van der Waals surface area contributed by atoms with Crippen molar-refractivity contribution in [2.45, 2.75) is 32.2 Å². The Morgan fingerprint density at radius 2 is 2.05 bits per heavy atom. The number of amides is 2. The maximum atomic E-state index is 12.7. The third kappa shape index (κ3) is 2.67. The summed E-state index contributed by atoms with van der Waals surface area (Å²) < 4.78 is 6.87. The summed E-state index contributed by atoms with van der Waals surface area (Å²) in [5.74, 6) is 0.735. The van der Waals surface area contributed by atoms with Crippen LogP contribution < -0.4 is 10.1 Å². The summed E-state index contributed by atoms with van der Waals surface area (Å²) in [6.07, 6.45) is 2.78. The highest BCUT2D eigenvalue weighted by Gasteiger charge is 2.35. The van der Waals surface area contributed by atoms with Crippen LogP contribution in [0.15, 0.2) is 0 Å². The molecule has 1 aliphatic carbocycles. The van der Waals surface area contributed by atoms with E-state index in [2.05, 4.69) is 10.4 Å². The molecule has 0 radical (unpaired) electrons. The van der Waals surface area contributed by atoms with Gasteiger partial charge in [0.05, 0.1) is 12.8 Å². The van der Waals surface area contributed by atoms with Gasteiger partial charge in [-0.15, -0.1) is 0 Å². The molecule has 22 heavy (non-hydrogen) atoms. The van der Waals surface area contributed by atoms with E-state index in [1.807, 2.05) is 0 Å². The fourth-order valence-electron chi connectivity index (χ4n) is 3.00. The fraction of sp³-hybridized carbons (Fsp3) is 0.667. The predicted molar refractivity (Wildman–Crippen MR) is 79.7 cm³/mol. The van der Waals surface area contributed by atoms with Crippen molar-refractivity contribution in [3.63, 3.8) is 0 Å². The highest BCUT2D eigenvalue weighted by molar-refractivity contribution is 5.98. The molecular weight excluding hydrogens is 284 g/mol. The Balaban J connectivity index is 1.67. The largest absolute Gasteiger partial charge is 0.481 e. The number of hydrogen-bond donors (Lipinski definition) is 1. The first-order valence-electron chi connectivity index (χ1n) is 7.68. The standard InChI is InChI=1S/C15H22N4O3/c1-9-12(15(22-3)18(2)17-9)14(21)19-7-6-11(8-19)16-13(20)10-4-5-10/h10-11H,4-8H2,1-3H3,(H,16,20)/t11-/m0/s1. The van der Waals surface area contributed by atoms with Gasteiger partial charge in [0.2, 0.25) is 11.8 Å². The number of likely N-dealkylation sites (tertiary alicyclic amines) is 1. The molecule has 1 atom stereocenters. The molecule has 1 aromatic rings. The third-order valence-electron chi connectivity index (χ3n) is 4.35. The number of aryl methyl sites for hydroxylation is 2. The van der Waals surface area contributed by atoms with Gasteiger partial charge in [0.25, 0.3) is 5.91 Å². The van der Waals surface area contributed by atoms with Crippen molar-refractivity contribution in [2.24, 2.45) is 13.0 Å². The van der Waals surface area contributed by atoms with Crippen molar-refractivity contribution in [1.82, 2.24) is 20.0 Å². The Morgan fingerprint density at radius 3 is 2.68 bits per heavy atom. The normalized spacial score (nSPS) is 21.0. The van der Waals surface area contributed by atoms with E-state index in [4.69, 9.17) is 4.74 Å². The van der Waals surface area contributed by atoms with Crippen LogP contribution in [0.3, 0.4) is 0 Å². The zero-order valence-corrected chi connectivity index (χ0v) is 13.3. The lowest BCUT2D eigenvalue weighted by atomic mass is 10.2. The van der Waals surface area contributed by atoms with Gasteiger partial charge in [0.1, 0.15) is 5.56 Å². The second-order valence-corrected chi connectivity index (χ2v) is 6.11. The van der Waals surface area contributed by atoms with E-state index in [9.17, 15) is 9.59 Å². The zero-order valence-electron chi connectivity index (χ0n) is 13.3. The Morgan fingerprint density at radius 1 is 1.32 bits per heavy atom. The molecule has 7 nitrogen and oxygen atoms in total. The number of nitrogens with one attached hydrogen (secondary N) is 1. The quantitative estimate of drug-likeness (QED) is 0.878. The minimum absolute atomic E-state index is 0.0556. The van der Waals surface area contributed by atoms with Crippen LogP contribution in [-0.2, 0) is 11.8 Å². The highest BCUT2D eigenvalue weighted by Crippen LogP contribution is 2.29. The number of nitrogens with zero attached hydrogens (tertiary/aromatic N) is 3. The van der Waals surface area contributed by atoms with Gasteiger partial charge >= 0.3 is 0 Å². The number of rotatable bonds is 4. The molecule has 0 aromatic carbocycles. The summed E-state index contributed by atoms with van der Waals surface area (Å²) in [7, 11) is 3.29. The topological polar surface area (TPSA) is 76.5 Å². The van der Waals surface area contributed by atoms with Crippen LogP contribution in [0.25, 0.3) is 0 Å². The number of methoxy groups -OCH3 is 1. The van der Waals surface area contributed by atoms with Crippen LogP contribution in [0.5, 0.6) is 5.88 Å². The maximum Gasteiger partial charge on any atom is 0.261 e. The lowest BCUT2D eigenvalue weighted by molar-refractivity contribution is -0.122. The van der Waals surface area contributed by atoms with Crippen LogP contribution >= 0.6 is 0 Å². The van der Waals surface area contributed by atoms with Crippen molar-refractivity contribution in [1.29, 1.82) is 0 Å². The molecule has 2 amide bonds.